The summed E-state index contributed by atoms with van der Waals surface area (Å²) in [5, 5.41) is 15.9. The van der Waals surface area contributed by atoms with Crippen molar-refractivity contribution in [1.82, 2.24) is 9.97 Å². The summed E-state index contributed by atoms with van der Waals surface area (Å²) in [6, 6.07) is 4.33. The number of nitrogens with two attached hydrogens (primary N) is 2. The predicted molar refractivity (Wildman–Crippen MR) is 96.2 cm³/mol. The molecule has 3 rings (SSSR count). The number of hydrogen-bond acceptors (Lipinski definition) is 8. The molecule has 0 radical (unpaired) electrons. The van der Waals surface area contributed by atoms with Crippen LogP contribution in [0.25, 0.3) is 10.2 Å². The molecular formula is C13H11N7O3S2. The van der Waals surface area contributed by atoms with Crippen molar-refractivity contribution in [2.75, 3.05) is 5.32 Å². The third kappa shape index (κ3) is 4.05. The van der Waals surface area contributed by atoms with E-state index in [1.54, 1.807) is 11.4 Å². The third-order valence-electron chi connectivity index (χ3n) is 2.94. The first-order valence-electron chi connectivity index (χ1n) is 6.79. The van der Waals surface area contributed by atoms with Gasteiger partial charge in [0, 0.05) is 17.5 Å². The highest BCUT2D eigenvalue weighted by atomic mass is 32.1. The van der Waals surface area contributed by atoms with Gasteiger partial charge in [-0.15, -0.1) is 11.3 Å². The fourth-order valence-corrected chi connectivity index (χ4v) is 3.57. The molecule has 25 heavy (non-hydrogen) atoms. The zero-order valence-electron chi connectivity index (χ0n) is 12.5. The van der Waals surface area contributed by atoms with Crippen LogP contribution in [-0.2, 0) is 11.2 Å². The van der Waals surface area contributed by atoms with Crippen molar-refractivity contribution < 1.29 is 9.72 Å². The number of fused-ring (bicyclic) bond motifs is 1. The molecule has 0 saturated heterocycles. The molecule has 5 N–H and O–H groups in total. The first-order chi connectivity index (χ1) is 11.9. The summed E-state index contributed by atoms with van der Waals surface area (Å²) in [6.45, 7) is 0. The molecule has 0 aliphatic heterocycles. The molecule has 1 aromatic carbocycles. The molecule has 10 nitrogen and oxygen atoms in total. The van der Waals surface area contributed by atoms with E-state index in [1.807, 2.05) is 0 Å². The minimum Gasteiger partial charge on any atom is -0.370 e. The summed E-state index contributed by atoms with van der Waals surface area (Å²) < 4.78 is 0.619. The van der Waals surface area contributed by atoms with Gasteiger partial charge in [-0.05, 0) is 6.07 Å². The van der Waals surface area contributed by atoms with Crippen LogP contribution in [0.4, 0.5) is 16.0 Å². The van der Waals surface area contributed by atoms with E-state index < -0.39 is 4.92 Å². The smallest absolute Gasteiger partial charge is 0.270 e. The molecule has 0 saturated carbocycles. The highest BCUT2D eigenvalue weighted by Crippen LogP contribution is 2.29. The molecule has 3 aromatic rings. The van der Waals surface area contributed by atoms with Gasteiger partial charge in [0.15, 0.2) is 11.1 Å². The molecule has 0 aliphatic rings. The number of nitro groups is 1. The quantitative estimate of drug-likeness (QED) is 0.264. The van der Waals surface area contributed by atoms with E-state index >= 15 is 0 Å². The van der Waals surface area contributed by atoms with Crippen LogP contribution in [0.2, 0.25) is 0 Å². The van der Waals surface area contributed by atoms with Crippen LogP contribution < -0.4 is 16.8 Å². The van der Waals surface area contributed by atoms with E-state index in [0.717, 1.165) is 11.3 Å². The van der Waals surface area contributed by atoms with Crippen LogP contribution in [0.1, 0.15) is 5.69 Å². The van der Waals surface area contributed by atoms with Gasteiger partial charge in [-0.25, -0.2) is 9.97 Å². The lowest BCUT2D eigenvalue weighted by Gasteiger charge is -1.98. The first-order valence-corrected chi connectivity index (χ1v) is 8.49. The Hall–Kier alpha value is -3.12. The molecule has 2 aromatic heterocycles. The van der Waals surface area contributed by atoms with Gasteiger partial charge in [0.05, 0.1) is 27.3 Å². The minimum absolute atomic E-state index is 0.0243. The van der Waals surface area contributed by atoms with Gasteiger partial charge in [0.25, 0.3) is 5.69 Å². The number of benzene rings is 1. The lowest BCUT2D eigenvalue weighted by atomic mass is 10.3. The summed E-state index contributed by atoms with van der Waals surface area (Å²) >= 11 is 2.38. The number of carbonyl (C=O) groups is 1. The van der Waals surface area contributed by atoms with Gasteiger partial charge in [0.2, 0.25) is 11.0 Å². The van der Waals surface area contributed by atoms with Crippen molar-refractivity contribution in [3.05, 3.63) is 39.4 Å². The highest BCUT2D eigenvalue weighted by molar-refractivity contribution is 7.22. The molecule has 0 aliphatic carbocycles. The third-order valence-corrected chi connectivity index (χ3v) is 4.65. The van der Waals surface area contributed by atoms with Crippen LogP contribution in [-0.4, -0.2) is 26.8 Å². The van der Waals surface area contributed by atoms with E-state index in [4.69, 9.17) is 11.5 Å². The number of anilines is 1. The standard InChI is InChI=1S/C13H11N7O3S2/c14-11(15)19-12-16-6(5-24-12)3-10(21)18-13-17-8-2-1-7(20(22)23)4-9(8)25-13/h1-2,4-5H,3H2,(H,17,18,21)(H4,14,15,16,19). The Morgan fingerprint density at radius 1 is 1.36 bits per heavy atom. The average molecular weight is 377 g/mol. The van der Waals surface area contributed by atoms with Crippen LogP contribution in [0.3, 0.4) is 0 Å². The summed E-state index contributed by atoms with van der Waals surface area (Å²) in [5.74, 6) is -0.413. The zero-order valence-corrected chi connectivity index (χ0v) is 14.1. The van der Waals surface area contributed by atoms with Crippen LogP contribution in [0.5, 0.6) is 0 Å². The van der Waals surface area contributed by atoms with E-state index in [9.17, 15) is 14.9 Å². The number of aromatic nitrogens is 2. The normalized spacial score (nSPS) is 10.6. The van der Waals surface area contributed by atoms with Gasteiger partial charge in [-0.1, -0.05) is 11.3 Å². The van der Waals surface area contributed by atoms with Gasteiger partial charge in [0.1, 0.15) is 0 Å². The summed E-state index contributed by atoms with van der Waals surface area (Å²) in [5.41, 5.74) is 11.6. The predicted octanol–water partition coefficient (Wildman–Crippen LogP) is 1.75. The molecule has 0 spiro atoms. The maximum Gasteiger partial charge on any atom is 0.270 e. The molecule has 12 heteroatoms. The molecule has 0 bridgehead atoms. The van der Waals surface area contributed by atoms with E-state index in [1.165, 1.54) is 23.5 Å². The van der Waals surface area contributed by atoms with Crippen molar-refractivity contribution in [2.24, 2.45) is 16.5 Å². The maximum atomic E-state index is 12.1. The number of nitrogens with one attached hydrogen (secondary N) is 1. The fourth-order valence-electron chi connectivity index (χ4n) is 1.95. The molecule has 0 unspecified atom stereocenters. The van der Waals surface area contributed by atoms with E-state index in [2.05, 4.69) is 20.3 Å². The van der Waals surface area contributed by atoms with Crippen molar-refractivity contribution in [3.8, 4) is 0 Å². The summed E-state index contributed by atoms with van der Waals surface area (Å²) in [4.78, 5) is 34.6. The molecular weight excluding hydrogens is 366 g/mol. The number of nitrogens with zero attached hydrogens (tertiary/aromatic N) is 4. The monoisotopic (exact) mass is 377 g/mol. The van der Waals surface area contributed by atoms with Crippen molar-refractivity contribution in [1.29, 1.82) is 0 Å². The largest absolute Gasteiger partial charge is 0.370 e. The number of hydrogen-bond donors (Lipinski definition) is 3. The highest BCUT2D eigenvalue weighted by Gasteiger charge is 2.13. The SMILES string of the molecule is NC(N)=Nc1nc(CC(=O)Nc2nc3ccc([N+](=O)[O-])cc3s2)cs1. The molecule has 128 valence electrons. The molecule has 2 heterocycles. The lowest BCUT2D eigenvalue weighted by molar-refractivity contribution is -0.384. The second-order valence-electron chi connectivity index (χ2n) is 4.81. The minimum atomic E-state index is -0.478. The second-order valence-corrected chi connectivity index (χ2v) is 6.68. The van der Waals surface area contributed by atoms with Gasteiger partial charge >= 0.3 is 0 Å². The van der Waals surface area contributed by atoms with Crippen LogP contribution >= 0.6 is 22.7 Å². The maximum absolute atomic E-state index is 12.1. The molecule has 1 amide bonds. The summed E-state index contributed by atoms with van der Waals surface area (Å²) in [7, 11) is 0. The second kappa shape index (κ2) is 6.78. The number of aliphatic imine (C=N–C) groups is 1. The van der Waals surface area contributed by atoms with Crippen molar-refractivity contribution >= 4 is 60.7 Å². The number of non-ortho nitro benzene ring substituents is 1. The van der Waals surface area contributed by atoms with E-state index in [-0.39, 0.29) is 24.0 Å². The summed E-state index contributed by atoms with van der Waals surface area (Å²) in [6.07, 6.45) is 0.0343. The lowest BCUT2D eigenvalue weighted by Crippen LogP contribution is -2.21. The molecule has 0 fully saturated rings. The number of rotatable bonds is 5. The van der Waals surface area contributed by atoms with Crippen molar-refractivity contribution in [3.63, 3.8) is 0 Å². The number of guanidine groups is 1. The van der Waals surface area contributed by atoms with Gasteiger partial charge in [-0.3, -0.25) is 14.9 Å². The Kier molecular flexibility index (Phi) is 4.54. The molecule has 0 atom stereocenters. The number of carbonyl (C=O) groups excluding carboxylic acids is 1. The van der Waals surface area contributed by atoms with E-state index in [0.29, 0.717) is 26.2 Å². The number of thiazole rings is 2. The van der Waals surface area contributed by atoms with Crippen molar-refractivity contribution in [2.45, 2.75) is 6.42 Å². The Morgan fingerprint density at radius 3 is 2.88 bits per heavy atom. The Balaban J connectivity index is 1.70. The van der Waals surface area contributed by atoms with Crippen LogP contribution in [0.15, 0.2) is 28.6 Å². The fraction of sp³-hybridized carbons (Fsp3) is 0.0769. The first kappa shape index (κ1) is 16.7. The zero-order chi connectivity index (χ0) is 18.0. The Morgan fingerprint density at radius 2 is 2.16 bits per heavy atom. The van der Waals surface area contributed by atoms with Gasteiger partial charge < -0.3 is 16.8 Å². The number of nitro benzene ring substituents is 1. The average Bonchev–Trinajstić information content (AvgIpc) is 3.11. The van der Waals surface area contributed by atoms with Crippen LogP contribution in [0, 0.1) is 10.1 Å². The topological polar surface area (TPSA) is 162 Å². The van der Waals surface area contributed by atoms with Gasteiger partial charge in [-0.2, -0.15) is 4.99 Å². The number of amides is 1. The Labute approximate surface area is 148 Å². The Bertz CT molecular complexity index is 991.